The van der Waals surface area contributed by atoms with Gasteiger partial charge in [0.2, 0.25) is 5.91 Å². The van der Waals surface area contributed by atoms with Gasteiger partial charge in [0.1, 0.15) is 0 Å². The van der Waals surface area contributed by atoms with Gasteiger partial charge < -0.3 is 9.64 Å². The third kappa shape index (κ3) is 2.69. The maximum atomic E-state index is 11.7. The predicted molar refractivity (Wildman–Crippen MR) is 51.4 cm³/mol. The molecule has 3 heteroatoms. The molecule has 13 heavy (non-hydrogen) atoms. The van der Waals surface area contributed by atoms with Crippen LogP contribution in [-0.4, -0.2) is 36.6 Å². The molecule has 0 aromatic heterocycles. The molecule has 1 aliphatic rings. The molecule has 1 aliphatic heterocycles. The first-order valence-corrected chi connectivity index (χ1v) is 5.05. The fourth-order valence-electron chi connectivity index (χ4n) is 1.50. The molecule has 1 rings (SSSR count). The largest absolute Gasteiger partial charge is 0.375 e. The van der Waals surface area contributed by atoms with Crippen molar-refractivity contribution in [3.63, 3.8) is 0 Å². The van der Waals surface area contributed by atoms with Crippen LogP contribution < -0.4 is 0 Å². The molecule has 1 heterocycles. The van der Waals surface area contributed by atoms with Gasteiger partial charge in [-0.3, -0.25) is 4.79 Å². The van der Waals surface area contributed by atoms with Gasteiger partial charge in [-0.05, 0) is 13.3 Å². The zero-order chi connectivity index (χ0) is 9.84. The quantitative estimate of drug-likeness (QED) is 0.648. The zero-order valence-corrected chi connectivity index (χ0v) is 8.75. The van der Waals surface area contributed by atoms with E-state index in [9.17, 15) is 4.79 Å². The summed E-state index contributed by atoms with van der Waals surface area (Å²) < 4.78 is 5.38. The van der Waals surface area contributed by atoms with Crippen molar-refractivity contribution < 1.29 is 9.53 Å². The summed E-state index contributed by atoms with van der Waals surface area (Å²) in [6, 6.07) is 0. The van der Waals surface area contributed by atoms with Crippen LogP contribution in [0.3, 0.4) is 0 Å². The molecule has 0 aliphatic carbocycles. The molecule has 2 atom stereocenters. The lowest BCUT2D eigenvalue weighted by molar-refractivity contribution is -0.142. The van der Waals surface area contributed by atoms with E-state index in [0.29, 0.717) is 6.61 Å². The topological polar surface area (TPSA) is 29.5 Å². The summed E-state index contributed by atoms with van der Waals surface area (Å²) >= 11 is 0. The molecule has 0 N–H and O–H groups in total. The molecular formula is C10H19NO2. The average molecular weight is 185 g/mol. The minimum atomic E-state index is 0.158. The second-order valence-electron chi connectivity index (χ2n) is 3.77. The number of ether oxygens (including phenoxy) is 1. The van der Waals surface area contributed by atoms with E-state index >= 15 is 0 Å². The van der Waals surface area contributed by atoms with Gasteiger partial charge in [0.25, 0.3) is 0 Å². The Morgan fingerprint density at radius 1 is 1.69 bits per heavy atom. The van der Waals surface area contributed by atoms with Gasteiger partial charge in [-0.1, -0.05) is 13.8 Å². The number of carbonyl (C=O) groups excluding carboxylic acids is 1. The molecule has 76 valence electrons. The summed E-state index contributed by atoms with van der Waals surface area (Å²) in [6.45, 7) is 8.24. The lowest BCUT2D eigenvalue weighted by atomic mass is 10.1. The van der Waals surface area contributed by atoms with Crippen molar-refractivity contribution in [1.82, 2.24) is 4.90 Å². The Kier molecular flexibility index (Phi) is 3.72. The minimum Gasteiger partial charge on any atom is -0.375 e. The number of amides is 1. The van der Waals surface area contributed by atoms with E-state index in [1.54, 1.807) is 0 Å². The van der Waals surface area contributed by atoms with E-state index in [2.05, 4.69) is 0 Å². The van der Waals surface area contributed by atoms with Gasteiger partial charge >= 0.3 is 0 Å². The predicted octanol–water partition coefficient (Wildman–Crippen LogP) is 1.28. The monoisotopic (exact) mass is 185 g/mol. The number of rotatable bonds is 2. The van der Waals surface area contributed by atoms with Crippen LogP contribution >= 0.6 is 0 Å². The Balaban J connectivity index is 2.46. The van der Waals surface area contributed by atoms with Crippen LogP contribution in [0.15, 0.2) is 0 Å². The summed E-state index contributed by atoms with van der Waals surface area (Å²) in [7, 11) is 0. The summed E-state index contributed by atoms with van der Waals surface area (Å²) in [6.07, 6.45) is 1.12. The highest BCUT2D eigenvalue weighted by molar-refractivity contribution is 5.78. The van der Waals surface area contributed by atoms with Crippen molar-refractivity contribution >= 4 is 5.91 Å². The molecule has 1 saturated heterocycles. The molecule has 1 fully saturated rings. The average Bonchev–Trinajstić information content (AvgIpc) is 2.15. The Morgan fingerprint density at radius 2 is 2.38 bits per heavy atom. The highest BCUT2D eigenvalue weighted by Crippen LogP contribution is 2.11. The molecule has 0 radical (unpaired) electrons. The Labute approximate surface area is 80.1 Å². The van der Waals surface area contributed by atoms with Crippen LogP contribution in [0.25, 0.3) is 0 Å². The highest BCUT2D eigenvalue weighted by Gasteiger charge is 2.23. The van der Waals surface area contributed by atoms with E-state index < -0.39 is 0 Å². The molecule has 0 bridgehead atoms. The van der Waals surface area contributed by atoms with Crippen molar-refractivity contribution in [3.05, 3.63) is 0 Å². The summed E-state index contributed by atoms with van der Waals surface area (Å²) in [5, 5.41) is 0. The molecule has 2 unspecified atom stereocenters. The third-order valence-corrected chi connectivity index (χ3v) is 2.59. The lowest BCUT2D eigenvalue weighted by Crippen LogP contribution is -2.46. The van der Waals surface area contributed by atoms with Crippen molar-refractivity contribution in [2.75, 3.05) is 19.7 Å². The van der Waals surface area contributed by atoms with Crippen LogP contribution in [0, 0.1) is 5.92 Å². The summed E-state index contributed by atoms with van der Waals surface area (Å²) in [4.78, 5) is 13.7. The van der Waals surface area contributed by atoms with Crippen LogP contribution in [0.4, 0.5) is 0 Å². The minimum absolute atomic E-state index is 0.158. The lowest BCUT2D eigenvalue weighted by Gasteiger charge is -2.32. The number of hydrogen-bond acceptors (Lipinski definition) is 2. The van der Waals surface area contributed by atoms with Crippen LogP contribution in [-0.2, 0) is 9.53 Å². The number of carbonyl (C=O) groups is 1. The first kappa shape index (κ1) is 10.5. The summed E-state index contributed by atoms with van der Waals surface area (Å²) in [5.41, 5.74) is 0. The maximum absolute atomic E-state index is 11.7. The van der Waals surface area contributed by atoms with E-state index in [1.165, 1.54) is 0 Å². The summed E-state index contributed by atoms with van der Waals surface area (Å²) in [5.74, 6) is 0.433. The van der Waals surface area contributed by atoms with Crippen molar-refractivity contribution in [3.8, 4) is 0 Å². The fraction of sp³-hybridized carbons (Fsp3) is 0.900. The van der Waals surface area contributed by atoms with Gasteiger partial charge in [0.15, 0.2) is 0 Å². The van der Waals surface area contributed by atoms with Gasteiger partial charge in [-0.15, -0.1) is 0 Å². The van der Waals surface area contributed by atoms with Crippen molar-refractivity contribution in [1.29, 1.82) is 0 Å². The Morgan fingerprint density at radius 3 is 2.92 bits per heavy atom. The first-order chi connectivity index (χ1) is 6.15. The second-order valence-corrected chi connectivity index (χ2v) is 3.77. The number of hydrogen-bond donors (Lipinski definition) is 0. The van der Waals surface area contributed by atoms with Gasteiger partial charge in [-0.25, -0.2) is 0 Å². The Hall–Kier alpha value is -0.570. The van der Waals surface area contributed by atoms with Gasteiger partial charge in [-0.2, -0.15) is 0 Å². The molecule has 3 nitrogen and oxygen atoms in total. The third-order valence-electron chi connectivity index (χ3n) is 2.59. The standard InChI is InChI=1S/C10H19NO2/c1-4-8(2)10(12)11-5-6-13-9(3)7-11/h8-9H,4-7H2,1-3H3. The van der Waals surface area contributed by atoms with E-state index in [0.717, 1.165) is 19.5 Å². The van der Waals surface area contributed by atoms with Crippen LogP contribution in [0.1, 0.15) is 27.2 Å². The highest BCUT2D eigenvalue weighted by atomic mass is 16.5. The smallest absolute Gasteiger partial charge is 0.225 e. The fourth-order valence-corrected chi connectivity index (χ4v) is 1.50. The molecule has 0 spiro atoms. The first-order valence-electron chi connectivity index (χ1n) is 5.05. The van der Waals surface area contributed by atoms with Gasteiger partial charge in [0.05, 0.1) is 12.7 Å². The second kappa shape index (κ2) is 4.61. The van der Waals surface area contributed by atoms with Crippen molar-refractivity contribution in [2.24, 2.45) is 5.92 Å². The molecule has 0 aromatic rings. The van der Waals surface area contributed by atoms with Crippen molar-refractivity contribution in [2.45, 2.75) is 33.3 Å². The zero-order valence-electron chi connectivity index (χ0n) is 8.75. The van der Waals surface area contributed by atoms with Gasteiger partial charge in [0, 0.05) is 19.0 Å². The number of nitrogens with zero attached hydrogens (tertiary/aromatic N) is 1. The Bertz CT molecular complexity index is 182. The van der Waals surface area contributed by atoms with Crippen LogP contribution in [0.5, 0.6) is 0 Å². The maximum Gasteiger partial charge on any atom is 0.225 e. The molecule has 0 aromatic carbocycles. The molecule has 1 amide bonds. The normalized spacial score (nSPS) is 25.8. The number of morpholine rings is 1. The molecular weight excluding hydrogens is 166 g/mol. The van der Waals surface area contributed by atoms with Crippen LogP contribution in [0.2, 0.25) is 0 Å². The van der Waals surface area contributed by atoms with E-state index in [1.807, 2.05) is 25.7 Å². The van der Waals surface area contributed by atoms with E-state index in [4.69, 9.17) is 4.74 Å². The molecule has 0 saturated carbocycles. The SMILES string of the molecule is CCC(C)C(=O)N1CCOC(C)C1. The van der Waals surface area contributed by atoms with E-state index in [-0.39, 0.29) is 17.9 Å².